The summed E-state index contributed by atoms with van der Waals surface area (Å²) in [5.74, 6) is 1.05. The summed E-state index contributed by atoms with van der Waals surface area (Å²) in [5.41, 5.74) is 0. The van der Waals surface area contributed by atoms with Gasteiger partial charge in [0.15, 0.2) is 5.16 Å². The standard InChI is InChI=1S/C9H18N4S/c1-4-5-8(10-2)6-14-9-12-11-7-13(9)3/h7-8,10H,4-6H2,1-3H3. The number of nitrogens with one attached hydrogen (secondary N) is 1. The molecule has 4 nitrogen and oxygen atoms in total. The number of hydrogen-bond acceptors (Lipinski definition) is 4. The van der Waals surface area contributed by atoms with E-state index >= 15 is 0 Å². The smallest absolute Gasteiger partial charge is 0.190 e. The van der Waals surface area contributed by atoms with Crippen molar-refractivity contribution in [3.05, 3.63) is 6.33 Å². The zero-order chi connectivity index (χ0) is 10.4. The molecule has 0 aliphatic heterocycles. The van der Waals surface area contributed by atoms with E-state index in [-0.39, 0.29) is 0 Å². The van der Waals surface area contributed by atoms with Crippen LogP contribution >= 0.6 is 11.8 Å². The minimum absolute atomic E-state index is 0.571. The predicted octanol–water partition coefficient (Wildman–Crippen LogP) is 1.30. The van der Waals surface area contributed by atoms with Gasteiger partial charge >= 0.3 is 0 Å². The maximum atomic E-state index is 4.03. The Labute approximate surface area is 89.5 Å². The topological polar surface area (TPSA) is 42.7 Å². The van der Waals surface area contributed by atoms with Crippen LogP contribution in [0, 0.1) is 0 Å². The van der Waals surface area contributed by atoms with Crippen molar-refractivity contribution in [3.8, 4) is 0 Å². The van der Waals surface area contributed by atoms with Gasteiger partial charge in [0.2, 0.25) is 0 Å². The summed E-state index contributed by atoms with van der Waals surface area (Å²) >= 11 is 1.75. The van der Waals surface area contributed by atoms with E-state index in [4.69, 9.17) is 0 Å². The first kappa shape index (κ1) is 11.5. The fourth-order valence-electron chi connectivity index (χ4n) is 1.24. The molecule has 0 saturated carbocycles. The maximum absolute atomic E-state index is 4.03. The van der Waals surface area contributed by atoms with Gasteiger partial charge in [-0.25, -0.2) is 0 Å². The number of hydrogen-bond donors (Lipinski definition) is 1. The van der Waals surface area contributed by atoms with Gasteiger partial charge in [-0.05, 0) is 13.5 Å². The molecule has 0 aliphatic rings. The average Bonchev–Trinajstić information content (AvgIpc) is 2.59. The molecule has 1 aromatic rings. The second-order valence-electron chi connectivity index (χ2n) is 3.31. The van der Waals surface area contributed by atoms with Crippen LogP contribution in [0.2, 0.25) is 0 Å². The summed E-state index contributed by atoms with van der Waals surface area (Å²) in [6, 6.07) is 0.571. The molecule has 1 atom stereocenters. The van der Waals surface area contributed by atoms with Crippen molar-refractivity contribution >= 4 is 11.8 Å². The third-order valence-electron chi connectivity index (χ3n) is 2.13. The summed E-state index contributed by atoms with van der Waals surface area (Å²) in [4.78, 5) is 0. The molecular formula is C9H18N4S. The van der Waals surface area contributed by atoms with Crippen molar-refractivity contribution < 1.29 is 0 Å². The Bertz CT molecular complexity index is 261. The Morgan fingerprint density at radius 1 is 1.64 bits per heavy atom. The highest BCUT2D eigenvalue weighted by Gasteiger charge is 2.07. The van der Waals surface area contributed by atoms with E-state index in [1.165, 1.54) is 12.8 Å². The van der Waals surface area contributed by atoms with E-state index in [1.54, 1.807) is 18.1 Å². The van der Waals surface area contributed by atoms with Gasteiger partial charge < -0.3 is 9.88 Å². The molecule has 1 unspecified atom stereocenters. The predicted molar refractivity (Wildman–Crippen MR) is 59.5 cm³/mol. The van der Waals surface area contributed by atoms with Crippen molar-refractivity contribution in [3.63, 3.8) is 0 Å². The van der Waals surface area contributed by atoms with Crippen LogP contribution in [-0.2, 0) is 7.05 Å². The number of aryl methyl sites for hydroxylation is 1. The SMILES string of the molecule is CCCC(CSc1nncn1C)NC. The highest BCUT2D eigenvalue weighted by Crippen LogP contribution is 2.15. The molecule has 1 N–H and O–H groups in total. The maximum Gasteiger partial charge on any atom is 0.190 e. The molecule has 0 spiro atoms. The Balaban J connectivity index is 2.35. The molecule has 0 radical (unpaired) electrons. The summed E-state index contributed by atoms with van der Waals surface area (Å²) < 4.78 is 1.95. The highest BCUT2D eigenvalue weighted by molar-refractivity contribution is 7.99. The van der Waals surface area contributed by atoms with Crippen LogP contribution in [0.4, 0.5) is 0 Å². The lowest BCUT2D eigenvalue weighted by molar-refractivity contribution is 0.564. The average molecular weight is 214 g/mol. The first-order valence-corrected chi connectivity index (χ1v) is 5.90. The lowest BCUT2D eigenvalue weighted by atomic mass is 10.2. The van der Waals surface area contributed by atoms with Gasteiger partial charge in [0.25, 0.3) is 0 Å². The first-order chi connectivity index (χ1) is 6.77. The second kappa shape index (κ2) is 6.03. The van der Waals surface area contributed by atoms with Crippen molar-refractivity contribution in [2.24, 2.45) is 7.05 Å². The van der Waals surface area contributed by atoms with E-state index in [2.05, 4.69) is 22.4 Å². The lowest BCUT2D eigenvalue weighted by Crippen LogP contribution is -2.27. The van der Waals surface area contributed by atoms with Gasteiger partial charge in [-0.3, -0.25) is 0 Å². The Hall–Kier alpha value is -0.550. The minimum atomic E-state index is 0.571. The largest absolute Gasteiger partial charge is 0.316 e. The van der Waals surface area contributed by atoms with E-state index in [0.717, 1.165) is 10.9 Å². The molecule has 0 amide bonds. The molecule has 1 heterocycles. The van der Waals surface area contributed by atoms with E-state index in [1.807, 2.05) is 18.7 Å². The molecule has 5 heteroatoms. The molecule has 80 valence electrons. The zero-order valence-corrected chi connectivity index (χ0v) is 9.84. The minimum Gasteiger partial charge on any atom is -0.316 e. The summed E-state index contributed by atoms with van der Waals surface area (Å²) in [7, 11) is 3.98. The van der Waals surface area contributed by atoms with Gasteiger partial charge in [-0.2, -0.15) is 0 Å². The van der Waals surface area contributed by atoms with Crippen LogP contribution in [0.1, 0.15) is 19.8 Å². The van der Waals surface area contributed by atoms with Gasteiger partial charge in [-0.1, -0.05) is 25.1 Å². The Kier molecular flexibility index (Phi) is 4.97. The lowest BCUT2D eigenvalue weighted by Gasteiger charge is -2.13. The van der Waals surface area contributed by atoms with Crippen molar-refractivity contribution in [2.45, 2.75) is 31.0 Å². The van der Waals surface area contributed by atoms with E-state index in [0.29, 0.717) is 6.04 Å². The van der Waals surface area contributed by atoms with Crippen molar-refractivity contribution in [2.75, 3.05) is 12.8 Å². The molecule has 0 aliphatic carbocycles. The van der Waals surface area contributed by atoms with Gasteiger partial charge in [0.1, 0.15) is 6.33 Å². The molecule has 0 aromatic carbocycles. The van der Waals surface area contributed by atoms with Crippen LogP contribution in [0.25, 0.3) is 0 Å². The van der Waals surface area contributed by atoms with E-state index in [9.17, 15) is 0 Å². The summed E-state index contributed by atoms with van der Waals surface area (Å²) in [6.07, 6.45) is 4.16. The fourth-order valence-corrected chi connectivity index (χ4v) is 2.28. The summed E-state index contributed by atoms with van der Waals surface area (Å²) in [5, 5.41) is 12.2. The van der Waals surface area contributed by atoms with Gasteiger partial charge in [0.05, 0.1) is 0 Å². The molecule has 0 fully saturated rings. The van der Waals surface area contributed by atoms with Crippen molar-refractivity contribution in [1.82, 2.24) is 20.1 Å². The number of aromatic nitrogens is 3. The van der Waals surface area contributed by atoms with Crippen LogP contribution in [0.3, 0.4) is 0 Å². The monoisotopic (exact) mass is 214 g/mol. The van der Waals surface area contributed by atoms with Gasteiger partial charge in [-0.15, -0.1) is 10.2 Å². The molecule has 1 rings (SSSR count). The third-order valence-corrected chi connectivity index (χ3v) is 3.33. The van der Waals surface area contributed by atoms with E-state index < -0.39 is 0 Å². The van der Waals surface area contributed by atoms with Crippen molar-refractivity contribution in [1.29, 1.82) is 0 Å². The molecule has 1 aromatic heterocycles. The number of thioether (sulfide) groups is 1. The Morgan fingerprint density at radius 2 is 2.43 bits per heavy atom. The first-order valence-electron chi connectivity index (χ1n) is 4.92. The zero-order valence-electron chi connectivity index (χ0n) is 9.03. The molecule has 14 heavy (non-hydrogen) atoms. The number of nitrogens with zero attached hydrogens (tertiary/aromatic N) is 3. The highest BCUT2D eigenvalue weighted by atomic mass is 32.2. The van der Waals surface area contributed by atoms with Crippen LogP contribution in [0.5, 0.6) is 0 Å². The number of rotatable bonds is 6. The van der Waals surface area contributed by atoms with Crippen LogP contribution in [0.15, 0.2) is 11.5 Å². The molecule has 0 bridgehead atoms. The second-order valence-corrected chi connectivity index (χ2v) is 4.30. The van der Waals surface area contributed by atoms with Gasteiger partial charge in [0, 0.05) is 18.8 Å². The molecule has 0 saturated heterocycles. The summed E-state index contributed by atoms with van der Waals surface area (Å²) in [6.45, 7) is 2.21. The third kappa shape index (κ3) is 3.31. The Morgan fingerprint density at radius 3 is 2.93 bits per heavy atom. The molecular weight excluding hydrogens is 196 g/mol. The van der Waals surface area contributed by atoms with Crippen LogP contribution in [-0.4, -0.2) is 33.6 Å². The fraction of sp³-hybridized carbons (Fsp3) is 0.778. The van der Waals surface area contributed by atoms with Crippen LogP contribution < -0.4 is 5.32 Å². The normalized spacial score (nSPS) is 13.1. The quantitative estimate of drug-likeness (QED) is 0.725.